The maximum Gasteiger partial charge on any atom is 0.166 e. The van der Waals surface area contributed by atoms with Crippen molar-refractivity contribution in [1.82, 2.24) is 0 Å². The van der Waals surface area contributed by atoms with Crippen LogP contribution < -0.4 is 20.9 Å². The zero-order valence-electron chi connectivity index (χ0n) is 12.2. The van der Waals surface area contributed by atoms with Gasteiger partial charge < -0.3 is 20.9 Å². The van der Waals surface area contributed by atoms with Gasteiger partial charge in [0.25, 0.3) is 0 Å². The van der Waals surface area contributed by atoms with Crippen LogP contribution in [0.5, 0.6) is 23.0 Å². The number of hydrogen-bond acceptors (Lipinski definition) is 4. The third kappa shape index (κ3) is 3.71. The minimum atomic E-state index is -0.480. The Labute approximate surface area is 133 Å². The summed E-state index contributed by atoms with van der Waals surface area (Å²) in [5, 5.41) is 0. The number of anilines is 2. The van der Waals surface area contributed by atoms with Crippen molar-refractivity contribution in [2.24, 2.45) is 0 Å². The molecule has 0 bridgehead atoms. The lowest BCUT2D eigenvalue weighted by atomic mass is 10.3. The first kappa shape index (κ1) is 14.7. The Hall–Kier alpha value is -3.21. The Morgan fingerprint density at radius 1 is 0.609 bits per heavy atom. The average molecular weight is 310 g/mol. The van der Waals surface area contributed by atoms with Crippen LogP contribution in [0, 0.1) is 5.82 Å². The third-order valence-electron chi connectivity index (χ3n) is 3.13. The molecule has 3 aromatic carbocycles. The van der Waals surface area contributed by atoms with E-state index in [-0.39, 0.29) is 5.75 Å². The highest BCUT2D eigenvalue weighted by Gasteiger charge is 2.08. The molecule has 4 nitrogen and oxygen atoms in total. The summed E-state index contributed by atoms with van der Waals surface area (Å²) in [6, 6.07) is 17.9. The summed E-state index contributed by atoms with van der Waals surface area (Å²) >= 11 is 0. The lowest BCUT2D eigenvalue weighted by Crippen LogP contribution is -1.91. The molecule has 23 heavy (non-hydrogen) atoms. The first-order valence-corrected chi connectivity index (χ1v) is 6.96. The predicted octanol–water partition coefficient (Wildman–Crippen LogP) is 4.57. The zero-order chi connectivity index (χ0) is 16.2. The number of nitrogen functional groups attached to an aromatic ring is 2. The molecule has 0 radical (unpaired) electrons. The molecule has 0 aromatic heterocycles. The van der Waals surface area contributed by atoms with Crippen molar-refractivity contribution in [3.05, 3.63) is 72.5 Å². The molecule has 116 valence electrons. The second-order valence-corrected chi connectivity index (χ2v) is 4.93. The fourth-order valence-corrected chi connectivity index (χ4v) is 1.96. The van der Waals surface area contributed by atoms with E-state index in [9.17, 15) is 4.39 Å². The number of benzene rings is 3. The molecule has 0 aliphatic heterocycles. The molecule has 4 N–H and O–H groups in total. The van der Waals surface area contributed by atoms with Crippen LogP contribution >= 0.6 is 0 Å². The van der Waals surface area contributed by atoms with Gasteiger partial charge in [-0.1, -0.05) is 0 Å². The Bertz CT molecular complexity index is 802. The van der Waals surface area contributed by atoms with Crippen LogP contribution in [0.25, 0.3) is 0 Å². The first-order chi connectivity index (χ1) is 11.1. The highest BCUT2D eigenvalue weighted by Crippen LogP contribution is 2.31. The number of halogens is 1. The van der Waals surface area contributed by atoms with Crippen LogP contribution in [0.1, 0.15) is 0 Å². The number of rotatable bonds is 4. The van der Waals surface area contributed by atoms with Crippen LogP contribution in [-0.2, 0) is 0 Å². The standard InChI is InChI=1S/C18H15FN2O2/c19-17-10-9-16(22-14-5-1-12(20)2-6-14)11-18(17)23-15-7-3-13(21)4-8-15/h1-11H,20-21H2. The molecule has 0 atom stereocenters. The summed E-state index contributed by atoms with van der Waals surface area (Å²) in [4.78, 5) is 0. The summed E-state index contributed by atoms with van der Waals surface area (Å²) in [6.45, 7) is 0. The summed E-state index contributed by atoms with van der Waals surface area (Å²) in [7, 11) is 0. The fourth-order valence-electron chi connectivity index (χ4n) is 1.96. The lowest BCUT2D eigenvalue weighted by Gasteiger charge is -2.10. The number of nitrogens with two attached hydrogens (primary N) is 2. The van der Waals surface area contributed by atoms with Crippen molar-refractivity contribution in [3.8, 4) is 23.0 Å². The molecule has 0 fully saturated rings. The Balaban J connectivity index is 1.81. The molecule has 0 aliphatic rings. The van der Waals surface area contributed by atoms with E-state index in [1.54, 1.807) is 48.5 Å². The number of hydrogen-bond donors (Lipinski definition) is 2. The quantitative estimate of drug-likeness (QED) is 0.692. The molecule has 5 heteroatoms. The fraction of sp³-hybridized carbons (Fsp3) is 0. The van der Waals surface area contributed by atoms with Crippen LogP contribution in [-0.4, -0.2) is 0 Å². The van der Waals surface area contributed by atoms with E-state index in [0.717, 1.165) is 0 Å². The highest BCUT2D eigenvalue weighted by atomic mass is 19.1. The van der Waals surface area contributed by atoms with Crippen molar-refractivity contribution < 1.29 is 13.9 Å². The second-order valence-electron chi connectivity index (χ2n) is 4.93. The molecule has 3 rings (SSSR count). The molecule has 0 aliphatic carbocycles. The van der Waals surface area contributed by atoms with Crippen LogP contribution in [0.4, 0.5) is 15.8 Å². The van der Waals surface area contributed by atoms with Crippen molar-refractivity contribution in [2.45, 2.75) is 0 Å². The van der Waals surface area contributed by atoms with Gasteiger partial charge in [0.05, 0.1) is 0 Å². The van der Waals surface area contributed by atoms with Crippen LogP contribution in [0.3, 0.4) is 0 Å². The van der Waals surface area contributed by atoms with Crippen LogP contribution in [0.15, 0.2) is 66.7 Å². The van der Waals surface area contributed by atoms with Gasteiger partial charge in [-0.3, -0.25) is 0 Å². The van der Waals surface area contributed by atoms with Gasteiger partial charge in [-0.05, 0) is 60.7 Å². The molecule has 0 heterocycles. The molecule has 0 unspecified atom stereocenters. The van der Waals surface area contributed by atoms with Gasteiger partial charge in [-0.2, -0.15) is 0 Å². The van der Waals surface area contributed by atoms with E-state index < -0.39 is 5.82 Å². The van der Waals surface area contributed by atoms with E-state index in [1.165, 1.54) is 18.2 Å². The van der Waals surface area contributed by atoms with Crippen molar-refractivity contribution in [2.75, 3.05) is 11.5 Å². The van der Waals surface area contributed by atoms with Crippen molar-refractivity contribution in [3.63, 3.8) is 0 Å². The molecule has 3 aromatic rings. The van der Waals surface area contributed by atoms with Crippen LogP contribution in [0.2, 0.25) is 0 Å². The average Bonchev–Trinajstić information content (AvgIpc) is 2.55. The summed E-state index contributed by atoms with van der Waals surface area (Å²) in [5.41, 5.74) is 12.5. The molecular formula is C18H15FN2O2. The Morgan fingerprint density at radius 3 is 1.65 bits per heavy atom. The SMILES string of the molecule is Nc1ccc(Oc2ccc(F)c(Oc3ccc(N)cc3)c2)cc1. The second kappa shape index (κ2) is 6.27. The third-order valence-corrected chi connectivity index (χ3v) is 3.13. The van der Waals surface area contributed by atoms with Gasteiger partial charge in [0.1, 0.15) is 17.2 Å². The topological polar surface area (TPSA) is 70.5 Å². The van der Waals surface area contributed by atoms with E-state index >= 15 is 0 Å². The first-order valence-electron chi connectivity index (χ1n) is 6.96. The minimum Gasteiger partial charge on any atom is -0.457 e. The maximum absolute atomic E-state index is 13.9. The van der Waals surface area contributed by atoms with E-state index in [2.05, 4.69) is 0 Å². The van der Waals surface area contributed by atoms with Crippen molar-refractivity contribution in [1.29, 1.82) is 0 Å². The van der Waals surface area contributed by atoms with Gasteiger partial charge >= 0.3 is 0 Å². The zero-order valence-corrected chi connectivity index (χ0v) is 12.2. The lowest BCUT2D eigenvalue weighted by molar-refractivity contribution is 0.430. The molecule has 0 saturated heterocycles. The van der Waals surface area contributed by atoms with E-state index in [1.807, 2.05) is 0 Å². The summed E-state index contributed by atoms with van der Waals surface area (Å²) in [5.74, 6) is 1.14. The van der Waals surface area contributed by atoms with Gasteiger partial charge in [0, 0.05) is 17.4 Å². The number of ether oxygens (including phenoxy) is 2. The summed E-state index contributed by atoms with van der Waals surface area (Å²) in [6.07, 6.45) is 0. The van der Waals surface area contributed by atoms with E-state index in [4.69, 9.17) is 20.9 Å². The van der Waals surface area contributed by atoms with Crippen molar-refractivity contribution >= 4 is 11.4 Å². The maximum atomic E-state index is 13.9. The largest absolute Gasteiger partial charge is 0.457 e. The van der Waals surface area contributed by atoms with Gasteiger partial charge in [-0.25, -0.2) is 4.39 Å². The summed E-state index contributed by atoms with van der Waals surface area (Å²) < 4.78 is 25.1. The molecule has 0 amide bonds. The smallest absolute Gasteiger partial charge is 0.166 e. The van der Waals surface area contributed by atoms with Gasteiger partial charge in [0.15, 0.2) is 11.6 Å². The Kier molecular flexibility index (Phi) is 4.01. The van der Waals surface area contributed by atoms with E-state index in [0.29, 0.717) is 28.6 Å². The predicted molar refractivity (Wildman–Crippen MR) is 88.3 cm³/mol. The monoisotopic (exact) mass is 310 g/mol. The van der Waals surface area contributed by atoms with Gasteiger partial charge in [-0.15, -0.1) is 0 Å². The normalized spacial score (nSPS) is 10.3. The molecule has 0 saturated carbocycles. The highest BCUT2D eigenvalue weighted by molar-refractivity contribution is 5.46. The Morgan fingerprint density at radius 2 is 1.09 bits per heavy atom. The van der Waals surface area contributed by atoms with Gasteiger partial charge in [0.2, 0.25) is 0 Å². The molecular weight excluding hydrogens is 295 g/mol. The minimum absolute atomic E-state index is 0.0720. The molecule has 0 spiro atoms.